The molecular weight excluding hydrogens is 300 g/mol. The summed E-state index contributed by atoms with van der Waals surface area (Å²) in [5.41, 5.74) is 2.33. The fraction of sp³-hybridized carbons (Fsp3) is 0.450. The predicted octanol–water partition coefficient (Wildman–Crippen LogP) is 4.66. The van der Waals surface area contributed by atoms with Crippen molar-refractivity contribution in [3.05, 3.63) is 59.0 Å². The van der Waals surface area contributed by atoms with Crippen molar-refractivity contribution in [2.24, 2.45) is 5.41 Å². The van der Waals surface area contributed by atoms with Crippen LogP contribution in [0.25, 0.3) is 0 Å². The first-order valence-corrected chi connectivity index (χ1v) is 8.55. The van der Waals surface area contributed by atoms with Gasteiger partial charge in [-0.15, -0.1) is 0 Å². The van der Waals surface area contributed by atoms with E-state index in [1.807, 2.05) is 44.2 Å². The van der Waals surface area contributed by atoms with Crippen molar-refractivity contribution in [3.63, 3.8) is 0 Å². The Morgan fingerprint density at radius 1 is 1.29 bits per heavy atom. The minimum Gasteiger partial charge on any atom is -0.466 e. The molecule has 1 aliphatic rings. The molecule has 24 heavy (non-hydrogen) atoms. The summed E-state index contributed by atoms with van der Waals surface area (Å²) in [4.78, 5) is 12.5. The largest absolute Gasteiger partial charge is 0.466 e. The number of amides is 2. The van der Waals surface area contributed by atoms with Gasteiger partial charge >= 0.3 is 6.03 Å². The Balaban J connectivity index is 1.70. The maximum atomic E-state index is 12.5. The molecular formula is C20H26N2O2. The highest BCUT2D eigenvalue weighted by Gasteiger charge is 2.35. The molecule has 2 amide bonds. The summed E-state index contributed by atoms with van der Waals surface area (Å²) in [5, 5.41) is 6.16. The van der Waals surface area contributed by atoms with Crippen molar-refractivity contribution in [2.75, 3.05) is 0 Å². The molecule has 4 heteroatoms. The number of fused-ring (bicyclic) bond motifs is 1. The van der Waals surface area contributed by atoms with Crippen LogP contribution in [-0.2, 0) is 6.42 Å². The van der Waals surface area contributed by atoms with Crippen LogP contribution in [0.2, 0.25) is 0 Å². The van der Waals surface area contributed by atoms with Gasteiger partial charge in [-0.05, 0) is 37.3 Å². The van der Waals surface area contributed by atoms with E-state index in [0.29, 0.717) is 0 Å². The number of urea groups is 1. The lowest BCUT2D eigenvalue weighted by Gasteiger charge is -2.34. The molecule has 2 atom stereocenters. The van der Waals surface area contributed by atoms with Gasteiger partial charge in [0, 0.05) is 12.0 Å². The number of nitrogens with one attached hydrogen (secondary N) is 2. The van der Waals surface area contributed by atoms with Crippen molar-refractivity contribution < 1.29 is 9.21 Å². The van der Waals surface area contributed by atoms with Crippen LogP contribution in [0.5, 0.6) is 0 Å². The highest BCUT2D eigenvalue weighted by atomic mass is 16.3. The molecule has 1 aromatic carbocycles. The summed E-state index contributed by atoms with van der Waals surface area (Å²) in [5.74, 6) is 1.91. The number of aryl methyl sites for hydroxylation is 1. The van der Waals surface area contributed by atoms with Gasteiger partial charge in [0.1, 0.15) is 11.5 Å². The van der Waals surface area contributed by atoms with Crippen LogP contribution >= 0.6 is 0 Å². The average molecular weight is 326 g/mol. The maximum absolute atomic E-state index is 12.5. The normalized spacial score (nSPS) is 20.1. The minimum atomic E-state index is -0.140. The molecule has 0 fully saturated rings. The first-order chi connectivity index (χ1) is 11.3. The van der Waals surface area contributed by atoms with Crippen LogP contribution in [0.3, 0.4) is 0 Å². The molecule has 3 rings (SSSR count). The summed E-state index contributed by atoms with van der Waals surface area (Å²) in [6.07, 6.45) is 1.82. The van der Waals surface area contributed by atoms with Crippen LogP contribution in [0, 0.1) is 12.3 Å². The molecule has 0 aliphatic heterocycles. The molecule has 0 saturated heterocycles. The summed E-state index contributed by atoms with van der Waals surface area (Å²) >= 11 is 0. The third kappa shape index (κ3) is 3.64. The van der Waals surface area contributed by atoms with Gasteiger partial charge in [-0.3, -0.25) is 0 Å². The molecule has 128 valence electrons. The van der Waals surface area contributed by atoms with Crippen molar-refractivity contribution >= 4 is 6.03 Å². The monoisotopic (exact) mass is 326 g/mol. The van der Waals surface area contributed by atoms with Gasteiger partial charge in [-0.25, -0.2) is 4.79 Å². The van der Waals surface area contributed by atoms with E-state index < -0.39 is 0 Å². The SMILES string of the molecule is Cc1cc2c(o1)CC(C)(C)CC2NC(=O)NC(C)c1ccccc1. The zero-order valence-electron chi connectivity index (χ0n) is 14.8. The molecule has 2 aromatic rings. The highest BCUT2D eigenvalue weighted by molar-refractivity contribution is 5.75. The van der Waals surface area contributed by atoms with E-state index in [-0.39, 0.29) is 23.5 Å². The Kier molecular flexibility index (Phi) is 4.39. The van der Waals surface area contributed by atoms with E-state index in [9.17, 15) is 4.79 Å². The lowest BCUT2D eigenvalue weighted by atomic mass is 9.75. The Morgan fingerprint density at radius 3 is 2.71 bits per heavy atom. The Morgan fingerprint density at radius 2 is 2.00 bits per heavy atom. The zero-order valence-corrected chi connectivity index (χ0v) is 14.8. The van der Waals surface area contributed by atoms with Gasteiger partial charge in [0.05, 0.1) is 12.1 Å². The number of benzene rings is 1. The molecule has 0 radical (unpaired) electrons. The van der Waals surface area contributed by atoms with Gasteiger partial charge in [0.25, 0.3) is 0 Å². The fourth-order valence-corrected chi connectivity index (χ4v) is 3.54. The second kappa shape index (κ2) is 6.34. The van der Waals surface area contributed by atoms with E-state index >= 15 is 0 Å². The third-order valence-electron chi connectivity index (χ3n) is 4.69. The first kappa shape index (κ1) is 16.6. The van der Waals surface area contributed by atoms with Gasteiger partial charge in [0.2, 0.25) is 0 Å². The predicted molar refractivity (Wildman–Crippen MR) is 94.8 cm³/mol. The number of carbonyl (C=O) groups excluding carboxylic acids is 1. The molecule has 0 spiro atoms. The van der Waals surface area contributed by atoms with Gasteiger partial charge in [-0.1, -0.05) is 44.2 Å². The number of hydrogen-bond acceptors (Lipinski definition) is 2. The number of rotatable bonds is 3. The number of hydrogen-bond donors (Lipinski definition) is 2. The highest BCUT2D eigenvalue weighted by Crippen LogP contribution is 2.41. The second-order valence-electron chi connectivity index (χ2n) is 7.58. The Labute approximate surface area is 143 Å². The topological polar surface area (TPSA) is 54.3 Å². The molecule has 0 bridgehead atoms. The number of furan rings is 1. The van der Waals surface area contributed by atoms with Crippen LogP contribution in [0.1, 0.15) is 61.9 Å². The summed E-state index contributed by atoms with van der Waals surface area (Å²) in [6, 6.07) is 11.8. The Hall–Kier alpha value is -2.23. The standard InChI is InChI=1S/C20H26N2O2/c1-13-10-16-17(11-20(3,4)12-18(16)24-13)22-19(23)21-14(2)15-8-6-5-7-9-15/h5-10,14,17H,11-12H2,1-4H3,(H2,21,22,23). The van der Waals surface area contributed by atoms with Crippen LogP contribution < -0.4 is 10.6 Å². The van der Waals surface area contributed by atoms with E-state index in [2.05, 4.69) is 30.5 Å². The minimum absolute atomic E-state index is 0.0100. The van der Waals surface area contributed by atoms with Gasteiger partial charge in [-0.2, -0.15) is 0 Å². The van der Waals surface area contributed by atoms with Gasteiger partial charge < -0.3 is 15.1 Å². The van der Waals surface area contributed by atoms with E-state index in [1.165, 1.54) is 0 Å². The van der Waals surface area contributed by atoms with Crippen LogP contribution in [0.15, 0.2) is 40.8 Å². The molecule has 1 aliphatic carbocycles. The summed E-state index contributed by atoms with van der Waals surface area (Å²) < 4.78 is 5.83. The Bertz CT molecular complexity index is 718. The lowest BCUT2D eigenvalue weighted by molar-refractivity contribution is 0.212. The summed E-state index contributed by atoms with van der Waals surface area (Å²) in [6.45, 7) is 8.38. The molecule has 2 unspecified atom stereocenters. The summed E-state index contributed by atoms with van der Waals surface area (Å²) in [7, 11) is 0. The van der Waals surface area contributed by atoms with Crippen molar-refractivity contribution in [3.8, 4) is 0 Å². The molecule has 4 nitrogen and oxygen atoms in total. The number of carbonyl (C=O) groups is 1. The molecule has 0 saturated carbocycles. The first-order valence-electron chi connectivity index (χ1n) is 8.55. The van der Waals surface area contributed by atoms with E-state index in [4.69, 9.17) is 4.42 Å². The third-order valence-corrected chi connectivity index (χ3v) is 4.69. The molecule has 1 heterocycles. The molecule has 1 aromatic heterocycles. The van der Waals surface area contributed by atoms with Crippen molar-refractivity contribution in [1.82, 2.24) is 10.6 Å². The van der Waals surface area contributed by atoms with Crippen molar-refractivity contribution in [2.45, 2.75) is 52.6 Å². The second-order valence-corrected chi connectivity index (χ2v) is 7.58. The van der Waals surface area contributed by atoms with E-state index in [0.717, 1.165) is 35.5 Å². The maximum Gasteiger partial charge on any atom is 0.315 e. The average Bonchev–Trinajstić information content (AvgIpc) is 2.87. The zero-order chi connectivity index (χ0) is 17.3. The smallest absolute Gasteiger partial charge is 0.315 e. The molecule has 2 N–H and O–H groups in total. The quantitative estimate of drug-likeness (QED) is 0.862. The van der Waals surface area contributed by atoms with E-state index in [1.54, 1.807) is 0 Å². The van der Waals surface area contributed by atoms with Crippen molar-refractivity contribution in [1.29, 1.82) is 0 Å². The fourth-order valence-electron chi connectivity index (χ4n) is 3.54. The lowest BCUT2D eigenvalue weighted by Crippen LogP contribution is -2.42. The van der Waals surface area contributed by atoms with Crippen LogP contribution in [0.4, 0.5) is 4.79 Å². The van der Waals surface area contributed by atoms with Gasteiger partial charge in [0.15, 0.2) is 0 Å². The van der Waals surface area contributed by atoms with Crippen LogP contribution in [-0.4, -0.2) is 6.03 Å².